The molecule has 52 valence electrons. The smallest absolute Gasteiger partial charge is 0.310 e. The fraction of sp³-hybridized carbons (Fsp3) is 0.500. The Morgan fingerprint density at radius 1 is 1.67 bits per heavy atom. The molecule has 0 fully saturated rings. The van der Waals surface area contributed by atoms with E-state index < -0.39 is 8.32 Å². The van der Waals surface area contributed by atoms with Crippen molar-refractivity contribution >= 4 is 14.2 Å². The molecule has 0 spiro atoms. The molecule has 0 atom stereocenters. The Balaban J connectivity index is 3.86. The minimum Gasteiger partial charge on any atom is -0.541 e. The van der Waals surface area contributed by atoms with Gasteiger partial charge < -0.3 is 9.22 Å². The normalized spacial score (nSPS) is 10.6. The molecular weight excluding hydrogens is 132 g/mol. The number of carbonyl (C=O) groups is 1. The van der Waals surface area contributed by atoms with Crippen LogP contribution in [0.15, 0.2) is 12.3 Å². The molecule has 0 heterocycles. The summed E-state index contributed by atoms with van der Waals surface area (Å²) in [4.78, 5) is 10.3. The standard InChI is InChI=1S/C6H12O2Si/c1-6(2)8-9(3,4)5-7/h5H,1H2,2-4H3. The highest BCUT2D eigenvalue weighted by atomic mass is 28.4. The second-order valence-corrected chi connectivity index (χ2v) is 6.17. The Bertz CT molecular complexity index is 129. The zero-order valence-corrected chi connectivity index (χ0v) is 7.10. The monoisotopic (exact) mass is 144 g/mol. The summed E-state index contributed by atoms with van der Waals surface area (Å²) >= 11 is 0. The maximum atomic E-state index is 10.3. The number of hydrogen-bond acceptors (Lipinski definition) is 2. The van der Waals surface area contributed by atoms with E-state index in [1.54, 1.807) is 6.92 Å². The summed E-state index contributed by atoms with van der Waals surface area (Å²) in [5.74, 6) is 1.51. The van der Waals surface area contributed by atoms with Gasteiger partial charge in [-0.15, -0.1) is 0 Å². The van der Waals surface area contributed by atoms with E-state index in [2.05, 4.69) is 6.58 Å². The second kappa shape index (κ2) is 2.82. The summed E-state index contributed by atoms with van der Waals surface area (Å²) in [5.41, 5.74) is 0. The maximum Gasteiger partial charge on any atom is 0.310 e. The lowest BCUT2D eigenvalue weighted by molar-refractivity contribution is 0.430. The molecule has 0 amide bonds. The van der Waals surface area contributed by atoms with Gasteiger partial charge in [-0.1, -0.05) is 6.58 Å². The van der Waals surface area contributed by atoms with E-state index in [-0.39, 0.29) is 0 Å². The molecule has 9 heavy (non-hydrogen) atoms. The molecule has 0 radical (unpaired) electrons. The Labute approximate surface area is 56.7 Å². The first-order valence-corrected chi connectivity index (χ1v) is 5.77. The summed E-state index contributed by atoms with van der Waals surface area (Å²) in [6, 6.07) is 0. The van der Waals surface area contributed by atoms with Gasteiger partial charge in [0.1, 0.15) is 5.91 Å². The molecule has 0 N–H and O–H groups in total. The summed E-state index contributed by atoms with van der Waals surface area (Å²) in [7, 11) is -2.02. The zero-order valence-electron chi connectivity index (χ0n) is 6.10. The van der Waals surface area contributed by atoms with Crippen molar-refractivity contribution in [1.29, 1.82) is 0 Å². The highest BCUT2D eigenvalue weighted by Crippen LogP contribution is 2.04. The van der Waals surface area contributed by atoms with Crippen molar-refractivity contribution in [3.63, 3.8) is 0 Å². The summed E-state index contributed by atoms with van der Waals surface area (Å²) in [5, 5.41) is 0. The van der Waals surface area contributed by atoms with E-state index in [1.807, 2.05) is 13.1 Å². The van der Waals surface area contributed by atoms with Crippen LogP contribution in [0, 0.1) is 0 Å². The highest BCUT2D eigenvalue weighted by Gasteiger charge is 2.22. The van der Waals surface area contributed by atoms with Crippen LogP contribution in [0.4, 0.5) is 0 Å². The predicted molar refractivity (Wildman–Crippen MR) is 40.1 cm³/mol. The molecule has 0 aliphatic heterocycles. The molecule has 0 saturated carbocycles. The van der Waals surface area contributed by atoms with E-state index in [4.69, 9.17) is 4.43 Å². The fourth-order valence-corrected chi connectivity index (χ4v) is 1.42. The summed E-state index contributed by atoms with van der Waals surface area (Å²) in [6.07, 6.45) is 0. The Kier molecular flexibility index (Phi) is 2.64. The number of allylic oxidation sites excluding steroid dienone is 1. The van der Waals surface area contributed by atoms with Crippen molar-refractivity contribution in [3.8, 4) is 0 Å². The first-order chi connectivity index (χ1) is 3.98. The molecule has 0 aliphatic carbocycles. The van der Waals surface area contributed by atoms with Crippen LogP contribution in [0.3, 0.4) is 0 Å². The largest absolute Gasteiger partial charge is 0.541 e. The SMILES string of the molecule is C=C(C)O[Si](C)(C)C=O. The second-order valence-electron chi connectivity index (χ2n) is 2.53. The van der Waals surface area contributed by atoms with Crippen LogP contribution in [0.5, 0.6) is 0 Å². The molecule has 0 aromatic rings. The fourth-order valence-electron chi connectivity index (χ4n) is 0.473. The van der Waals surface area contributed by atoms with Crippen molar-refractivity contribution in [3.05, 3.63) is 12.3 Å². The number of carbonyl (C=O) groups excluding carboxylic acids is 1. The van der Waals surface area contributed by atoms with E-state index in [0.717, 1.165) is 5.91 Å². The van der Waals surface area contributed by atoms with E-state index >= 15 is 0 Å². The molecule has 0 bridgehead atoms. The minimum atomic E-state index is -2.02. The lowest BCUT2D eigenvalue weighted by Crippen LogP contribution is -2.31. The summed E-state index contributed by atoms with van der Waals surface area (Å²) < 4.78 is 5.16. The molecule has 0 aliphatic rings. The van der Waals surface area contributed by atoms with Crippen molar-refractivity contribution in [2.45, 2.75) is 20.0 Å². The van der Waals surface area contributed by atoms with E-state index in [9.17, 15) is 4.79 Å². The molecular formula is C6H12O2Si. The third kappa shape index (κ3) is 3.97. The van der Waals surface area contributed by atoms with Crippen LogP contribution in [0.25, 0.3) is 0 Å². The Morgan fingerprint density at radius 2 is 2.11 bits per heavy atom. The minimum absolute atomic E-state index is 0.624. The Hall–Kier alpha value is -0.573. The molecule has 0 saturated heterocycles. The van der Waals surface area contributed by atoms with E-state index in [0.29, 0.717) is 5.76 Å². The molecule has 0 unspecified atom stereocenters. The van der Waals surface area contributed by atoms with Gasteiger partial charge in [0, 0.05) is 0 Å². The van der Waals surface area contributed by atoms with Gasteiger partial charge in [0.2, 0.25) is 0 Å². The van der Waals surface area contributed by atoms with Crippen LogP contribution >= 0.6 is 0 Å². The quantitative estimate of drug-likeness (QED) is 0.341. The third-order valence-corrected chi connectivity index (χ3v) is 2.16. The van der Waals surface area contributed by atoms with Crippen LogP contribution in [0.1, 0.15) is 6.92 Å². The highest BCUT2D eigenvalue weighted by molar-refractivity contribution is 6.94. The average molecular weight is 144 g/mol. The topological polar surface area (TPSA) is 26.3 Å². The lowest BCUT2D eigenvalue weighted by Gasteiger charge is -2.16. The average Bonchev–Trinajstić information content (AvgIpc) is 1.63. The van der Waals surface area contributed by atoms with Crippen LogP contribution < -0.4 is 0 Å². The molecule has 0 aromatic heterocycles. The number of rotatable bonds is 3. The Morgan fingerprint density at radius 3 is 2.22 bits per heavy atom. The number of hydrogen-bond donors (Lipinski definition) is 0. The molecule has 0 rings (SSSR count). The van der Waals surface area contributed by atoms with Crippen LogP contribution in [0.2, 0.25) is 13.1 Å². The van der Waals surface area contributed by atoms with Crippen molar-refractivity contribution in [1.82, 2.24) is 0 Å². The van der Waals surface area contributed by atoms with E-state index in [1.165, 1.54) is 0 Å². The zero-order chi connectivity index (χ0) is 7.49. The first-order valence-electron chi connectivity index (χ1n) is 2.79. The predicted octanol–water partition coefficient (Wildman–Crippen LogP) is 1.51. The van der Waals surface area contributed by atoms with Gasteiger partial charge in [-0.3, -0.25) is 0 Å². The van der Waals surface area contributed by atoms with Crippen molar-refractivity contribution < 1.29 is 9.22 Å². The maximum absolute atomic E-state index is 10.3. The lowest BCUT2D eigenvalue weighted by atomic mass is 10.7. The molecule has 0 aromatic carbocycles. The van der Waals surface area contributed by atoms with Gasteiger partial charge in [0.05, 0.1) is 5.76 Å². The van der Waals surface area contributed by atoms with Crippen LogP contribution in [-0.2, 0) is 9.22 Å². The van der Waals surface area contributed by atoms with Crippen molar-refractivity contribution in [2.24, 2.45) is 0 Å². The van der Waals surface area contributed by atoms with Gasteiger partial charge in [0.25, 0.3) is 0 Å². The third-order valence-electron chi connectivity index (χ3n) is 0.721. The molecule has 3 heteroatoms. The first kappa shape index (κ1) is 8.43. The van der Waals surface area contributed by atoms with Gasteiger partial charge >= 0.3 is 8.32 Å². The molecule has 2 nitrogen and oxygen atoms in total. The van der Waals surface area contributed by atoms with Crippen molar-refractivity contribution in [2.75, 3.05) is 0 Å². The van der Waals surface area contributed by atoms with Crippen LogP contribution in [-0.4, -0.2) is 14.2 Å². The van der Waals surface area contributed by atoms with Gasteiger partial charge in [-0.05, 0) is 20.0 Å². The summed E-state index contributed by atoms with van der Waals surface area (Å²) in [6.45, 7) is 8.95. The van der Waals surface area contributed by atoms with Gasteiger partial charge in [-0.2, -0.15) is 0 Å². The van der Waals surface area contributed by atoms with Gasteiger partial charge in [0.15, 0.2) is 0 Å². The van der Waals surface area contributed by atoms with Gasteiger partial charge in [-0.25, -0.2) is 0 Å².